The van der Waals surface area contributed by atoms with Crippen molar-refractivity contribution in [2.75, 3.05) is 47.4 Å². The zero-order valence-corrected chi connectivity index (χ0v) is 14.7. The fourth-order valence-corrected chi connectivity index (χ4v) is 1.83. The SMILES string of the molecule is CN(CCOc1ccc(Br)cc1)CC(=O)NCC(=O)N(C)C. The van der Waals surface area contributed by atoms with Crippen molar-refractivity contribution < 1.29 is 14.3 Å². The van der Waals surface area contributed by atoms with E-state index in [0.29, 0.717) is 13.2 Å². The molecule has 0 aromatic heterocycles. The predicted molar refractivity (Wildman–Crippen MR) is 88.8 cm³/mol. The second-order valence-electron chi connectivity index (χ2n) is 5.11. The van der Waals surface area contributed by atoms with Gasteiger partial charge in [-0.3, -0.25) is 14.5 Å². The lowest BCUT2D eigenvalue weighted by molar-refractivity contribution is -0.131. The number of benzene rings is 1. The van der Waals surface area contributed by atoms with Crippen molar-refractivity contribution in [2.24, 2.45) is 0 Å². The molecule has 22 heavy (non-hydrogen) atoms. The standard InChI is InChI=1S/C15H22BrN3O3/c1-18(2)15(21)10-17-14(20)11-19(3)8-9-22-13-6-4-12(16)5-7-13/h4-7H,8-11H2,1-3H3,(H,17,20). The van der Waals surface area contributed by atoms with E-state index in [1.54, 1.807) is 14.1 Å². The molecule has 6 nitrogen and oxygen atoms in total. The van der Waals surface area contributed by atoms with Crippen molar-refractivity contribution >= 4 is 27.7 Å². The van der Waals surface area contributed by atoms with Gasteiger partial charge in [0.05, 0.1) is 13.1 Å². The number of hydrogen-bond acceptors (Lipinski definition) is 4. The number of nitrogens with one attached hydrogen (secondary N) is 1. The molecule has 0 aliphatic carbocycles. The number of amides is 2. The molecule has 122 valence electrons. The first kappa shape index (κ1) is 18.4. The summed E-state index contributed by atoms with van der Waals surface area (Å²) in [5.41, 5.74) is 0. The van der Waals surface area contributed by atoms with Crippen molar-refractivity contribution in [1.29, 1.82) is 0 Å². The maximum atomic E-state index is 11.7. The van der Waals surface area contributed by atoms with Gasteiger partial charge in [0.15, 0.2) is 0 Å². The first-order valence-corrected chi connectivity index (χ1v) is 7.71. The molecule has 0 spiro atoms. The van der Waals surface area contributed by atoms with Crippen molar-refractivity contribution in [3.8, 4) is 5.75 Å². The summed E-state index contributed by atoms with van der Waals surface area (Å²) in [6.45, 7) is 1.35. The minimum Gasteiger partial charge on any atom is -0.492 e. The van der Waals surface area contributed by atoms with E-state index in [0.717, 1.165) is 10.2 Å². The molecule has 1 aromatic rings. The molecule has 0 heterocycles. The summed E-state index contributed by atoms with van der Waals surface area (Å²) in [7, 11) is 5.14. The van der Waals surface area contributed by atoms with Crippen molar-refractivity contribution in [1.82, 2.24) is 15.1 Å². The highest BCUT2D eigenvalue weighted by Gasteiger charge is 2.09. The molecule has 0 radical (unpaired) electrons. The van der Waals surface area contributed by atoms with Crippen molar-refractivity contribution in [3.05, 3.63) is 28.7 Å². The number of rotatable bonds is 8. The van der Waals surface area contributed by atoms with Gasteiger partial charge in [0.1, 0.15) is 12.4 Å². The number of ether oxygens (including phenoxy) is 1. The Kier molecular flexibility index (Phi) is 7.90. The summed E-state index contributed by atoms with van der Waals surface area (Å²) in [6, 6.07) is 7.58. The normalized spacial score (nSPS) is 10.4. The Hall–Kier alpha value is -1.60. The molecule has 0 bridgehead atoms. The van der Waals surface area contributed by atoms with Crippen LogP contribution in [-0.4, -0.2) is 69.0 Å². The van der Waals surface area contributed by atoms with Gasteiger partial charge in [0.2, 0.25) is 11.8 Å². The van der Waals surface area contributed by atoms with E-state index in [4.69, 9.17) is 4.74 Å². The van der Waals surface area contributed by atoms with Crippen LogP contribution in [0.25, 0.3) is 0 Å². The van der Waals surface area contributed by atoms with Gasteiger partial charge in [-0.15, -0.1) is 0 Å². The highest BCUT2D eigenvalue weighted by Crippen LogP contribution is 2.15. The van der Waals surface area contributed by atoms with E-state index in [2.05, 4.69) is 21.2 Å². The summed E-state index contributed by atoms with van der Waals surface area (Å²) in [5, 5.41) is 2.59. The van der Waals surface area contributed by atoms with Crippen molar-refractivity contribution in [3.63, 3.8) is 0 Å². The van der Waals surface area contributed by atoms with Crippen LogP contribution in [0.15, 0.2) is 28.7 Å². The molecule has 0 saturated heterocycles. The zero-order valence-electron chi connectivity index (χ0n) is 13.1. The predicted octanol–water partition coefficient (Wildman–Crippen LogP) is 0.964. The van der Waals surface area contributed by atoms with Crippen LogP contribution in [0.2, 0.25) is 0 Å². The number of carbonyl (C=O) groups is 2. The molecular weight excluding hydrogens is 350 g/mol. The van der Waals surface area contributed by atoms with Crippen LogP contribution >= 0.6 is 15.9 Å². The minimum atomic E-state index is -0.179. The van der Waals surface area contributed by atoms with E-state index >= 15 is 0 Å². The fourth-order valence-electron chi connectivity index (χ4n) is 1.56. The number of hydrogen-bond donors (Lipinski definition) is 1. The molecule has 1 aromatic carbocycles. The topological polar surface area (TPSA) is 61.9 Å². The van der Waals surface area contributed by atoms with E-state index in [1.807, 2.05) is 36.2 Å². The Balaban J connectivity index is 2.19. The zero-order chi connectivity index (χ0) is 16.5. The average Bonchev–Trinajstić information content (AvgIpc) is 2.46. The maximum absolute atomic E-state index is 11.7. The smallest absolute Gasteiger partial charge is 0.241 e. The molecule has 1 rings (SSSR count). The number of nitrogens with zero attached hydrogens (tertiary/aromatic N) is 2. The first-order valence-electron chi connectivity index (χ1n) is 6.92. The molecule has 0 fully saturated rings. The Morgan fingerprint density at radius 3 is 2.41 bits per heavy atom. The van der Waals surface area contributed by atoms with Crippen LogP contribution in [0.4, 0.5) is 0 Å². The lowest BCUT2D eigenvalue weighted by Crippen LogP contribution is -2.41. The summed E-state index contributed by atoms with van der Waals surface area (Å²) in [6.07, 6.45) is 0. The van der Waals surface area contributed by atoms with Gasteiger partial charge in [-0.2, -0.15) is 0 Å². The highest BCUT2D eigenvalue weighted by atomic mass is 79.9. The Morgan fingerprint density at radius 1 is 1.18 bits per heavy atom. The Morgan fingerprint density at radius 2 is 1.82 bits per heavy atom. The minimum absolute atomic E-state index is 0.0229. The largest absolute Gasteiger partial charge is 0.492 e. The third-order valence-corrected chi connectivity index (χ3v) is 3.43. The molecule has 0 aliphatic rings. The summed E-state index contributed by atoms with van der Waals surface area (Å²) in [4.78, 5) is 26.3. The quantitative estimate of drug-likeness (QED) is 0.739. The lowest BCUT2D eigenvalue weighted by atomic mass is 10.3. The van der Waals surface area contributed by atoms with E-state index in [9.17, 15) is 9.59 Å². The molecule has 0 unspecified atom stereocenters. The highest BCUT2D eigenvalue weighted by molar-refractivity contribution is 9.10. The Bertz CT molecular complexity index is 491. The van der Waals surface area contributed by atoms with Gasteiger partial charge in [-0.25, -0.2) is 0 Å². The molecule has 0 aliphatic heterocycles. The second kappa shape index (κ2) is 9.42. The van der Waals surface area contributed by atoms with E-state index in [-0.39, 0.29) is 24.9 Å². The van der Waals surface area contributed by atoms with Gasteiger partial charge >= 0.3 is 0 Å². The van der Waals surface area contributed by atoms with Crippen molar-refractivity contribution in [2.45, 2.75) is 0 Å². The van der Waals surface area contributed by atoms with Gasteiger partial charge < -0.3 is 15.0 Å². The fraction of sp³-hybridized carbons (Fsp3) is 0.467. The molecule has 1 N–H and O–H groups in total. The maximum Gasteiger partial charge on any atom is 0.241 e. The van der Waals surface area contributed by atoms with Crippen LogP contribution in [-0.2, 0) is 9.59 Å². The molecule has 7 heteroatoms. The van der Waals surface area contributed by atoms with Crippen LogP contribution in [0.5, 0.6) is 5.75 Å². The van der Waals surface area contributed by atoms with Crippen LogP contribution in [0.3, 0.4) is 0 Å². The van der Waals surface area contributed by atoms with Gasteiger partial charge in [0.25, 0.3) is 0 Å². The van der Waals surface area contributed by atoms with E-state index in [1.165, 1.54) is 4.90 Å². The summed E-state index contributed by atoms with van der Waals surface area (Å²) in [5.74, 6) is 0.480. The lowest BCUT2D eigenvalue weighted by Gasteiger charge is -2.17. The van der Waals surface area contributed by atoms with E-state index < -0.39 is 0 Å². The van der Waals surface area contributed by atoms with Gasteiger partial charge in [-0.05, 0) is 31.3 Å². The van der Waals surface area contributed by atoms with Crippen LogP contribution < -0.4 is 10.1 Å². The molecule has 0 atom stereocenters. The van der Waals surface area contributed by atoms with Crippen LogP contribution in [0, 0.1) is 0 Å². The Labute approximate surface area is 139 Å². The molecule has 2 amide bonds. The summed E-state index contributed by atoms with van der Waals surface area (Å²) < 4.78 is 6.59. The molecular formula is C15H22BrN3O3. The summed E-state index contributed by atoms with van der Waals surface area (Å²) >= 11 is 3.36. The number of carbonyl (C=O) groups excluding carboxylic acids is 2. The third-order valence-electron chi connectivity index (χ3n) is 2.90. The molecule has 0 saturated carbocycles. The number of halogens is 1. The second-order valence-corrected chi connectivity index (χ2v) is 6.02. The monoisotopic (exact) mass is 371 g/mol. The van der Waals surface area contributed by atoms with Gasteiger partial charge in [-0.1, -0.05) is 15.9 Å². The van der Waals surface area contributed by atoms with Crippen LogP contribution in [0.1, 0.15) is 0 Å². The number of likely N-dealkylation sites (N-methyl/N-ethyl adjacent to an activating group) is 2. The third kappa shape index (κ3) is 7.42. The average molecular weight is 372 g/mol. The van der Waals surface area contributed by atoms with Gasteiger partial charge in [0, 0.05) is 25.1 Å². The first-order chi connectivity index (χ1) is 10.4.